The van der Waals surface area contributed by atoms with Crippen molar-refractivity contribution >= 4 is 5.71 Å². The van der Waals surface area contributed by atoms with Gasteiger partial charge in [-0.15, -0.1) is 0 Å². The number of rotatable bonds is 2. The first kappa shape index (κ1) is 8.75. The molecule has 13 heavy (non-hydrogen) atoms. The molecule has 3 atom stereocenters. The van der Waals surface area contributed by atoms with E-state index in [2.05, 4.69) is 17.3 Å². The van der Waals surface area contributed by atoms with E-state index in [-0.39, 0.29) is 12.1 Å². The highest BCUT2D eigenvalue weighted by molar-refractivity contribution is 5.96. The second-order valence-corrected chi connectivity index (χ2v) is 4.09. The molecule has 3 heteroatoms. The molecular weight excluding hydrogens is 164 g/mol. The van der Waals surface area contributed by atoms with E-state index >= 15 is 0 Å². The smallest absolute Gasteiger partial charge is 0.122 e. The van der Waals surface area contributed by atoms with Gasteiger partial charge in [0.05, 0.1) is 11.8 Å². The molecule has 0 aromatic heterocycles. The Morgan fingerprint density at radius 2 is 2.31 bits per heavy atom. The van der Waals surface area contributed by atoms with Crippen molar-refractivity contribution in [1.29, 1.82) is 0 Å². The summed E-state index contributed by atoms with van der Waals surface area (Å²) < 4.78 is 0. The van der Waals surface area contributed by atoms with Gasteiger partial charge in [-0.3, -0.25) is 0 Å². The van der Waals surface area contributed by atoms with Crippen molar-refractivity contribution in [3.8, 4) is 0 Å². The lowest BCUT2D eigenvalue weighted by Crippen LogP contribution is -2.34. The van der Waals surface area contributed by atoms with E-state index in [1.54, 1.807) is 0 Å². The molecule has 0 aromatic carbocycles. The summed E-state index contributed by atoms with van der Waals surface area (Å²) in [4.78, 5) is 5.22. The van der Waals surface area contributed by atoms with Gasteiger partial charge in [-0.1, -0.05) is 17.3 Å². The van der Waals surface area contributed by atoms with Gasteiger partial charge in [0.2, 0.25) is 0 Å². The minimum Gasteiger partial charge on any atom is -0.393 e. The molecule has 1 fully saturated rings. The van der Waals surface area contributed by atoms with E-state index in [1.165, 1.54) is 0 Å². The van der Waals surface area contributed by atoms with Crippen molar-refractivity contribution in [3.05, 3.63) is 12.2 Å². The molecule has 0 radical (unpaired) electrons. The maximum absolute atomic E-state index is 5.99. The summed E-state index contributed by atoms with van der Waals surface area (Å²) in [5, 5.41) is 4.13. The number of nitrogens with two attached hydrogens (primary N) is 1. The van der Waals surface area contributed by atoms with E-state index < -0.39 is 0 Å². The Kier molecular flexibility index (Phi) is 2.12. The SMILES string of the molecule is CC(C)ON=C1C2C=CC(C2)C1N. The third kappa shape index (κ3) is 1.48. The van der Waals surface area contributed by atoms with Gasteiger partial charge >= 0.3 is 0 Å². The zero-order chi connectivity index (χ0) is 9.42. The first-order valence-corrected chi connectivity index (χ1v) is 4.86. The van der Waals surface area contributed by atoms with Crippen LogP contribution in [0.2, 0.25) is 0 Å². The average Bonchev–Trinajstić information content (AvgIpc) is 2.61. The maximum Gasteiger partial charge on any atom is 0.122 e. The molecule has 72 valence electrons. The van der Waals surface area contributed by atoms with Gasteiger partial charge in [0.25, 0.3) is 0 Å². The molecule has 2 N–H and O–H groups in total. The van der Waals surface area contributed by atoms with E-state index in [0.717, 1.165) is 12.1 Å². The van der Waals surface area contributed by atoms with E-state index in [1.807, 2.05) is 13.8 Å². The fourth-order valence-electron chi connectivity index (χ4n) is 1.97. The van der Waals surface area contributed by atoms with Crippen LogP contribution >= 0.6 is 0 Å². The lowest BCUT2D eigenvalue weighted by atomic mass is 10.0. The van der Waals surface area contributed by atoms with Gasteiger partial charge in [-0.2, -0.15) is 0 Å². The van der Waals surface area contributed by atoms with Crippen molar-refractivity contribution in [2.75, 3.05) is 0 Å². The Bertz CT molecular complexity index is 258. The van der Waals surface area contributed by atoms with Crippen molar-refractivity contribution in [3.63, 3.8) is 0 Å². The topological polar surface area (TPSA) is 47.6 Å². The van der Waals surface area contributed by atoms with E-state index in [9.17, 15) is 0 Å². The molecule has 0 aliphatic heterocycles. The molecule has 2 rings (SSSR count). The fraction of sp³-hybridized carbons (Fsp3) is 0.700. The summed E-state index contributed by atoms with van der Waals surface area (Å²) in [6, 6.07) is 0.0914. The van der Waals surface area contributed by atoms with Crippen molar-refractivity contribution < 1.29 is 4.84 Å². The Balaban J connectivity index is 2.08. The van der Waals surface area contributed by atoms with Crippen molar-refractivity contribution in [1.82, 2.24) is 0 Å². The highest BCUT2D eigenvalue weighted by Gasteiger charge is 2.40. The molecule has 2 aliphatic carbocycles. The van der Waals surface area contributed by atoms with Crippen LogP contribution < -0.4 is 5.73 Å². The Labute approximate surface area is 78.6 Å². The second kappa shape index (κ2) is 3.14. The summed E-state index contributed by atoms with van der Waals surface area (Å²) in [5.74, 6) is 0.943. The van der Waals surface area contributed by atoms with Crippen molar-refractivity contribution in [2.45, 2.75) is 32.4 Å². The monoisotopic (exact) mass is 180 g/mol. The van der Waals surface area contributed by atoms with Crippen LogP contribution in [0.15, 0.2) is 17.3 Å². The predicted molar refractivity (Wildman–Crippen MR) is 52.4 cm³/mol. The van der Waals surface area contributed by atoms with Crippen LogP contribution in [0.25, 0.3) is 0 Å². The fourth-order valence-corrected chi connectivity index (χ4v) is 1.97. The number of oxime groups is 1. The zero-order valence-electron chi connectivity index (χ0n) is 8.10. The average molecular weight is 180 g/mol. The molecule has 1 saturated carbocycles. The van der Waals surface area contributed by atoms with Gasteiger partial charge in [0.15, 0.2) is 0 Å². The number of hydrogen-bond acceptors (Lipinski definition) is 3. The third-order valence-electron chi connectivity index (χ3n) is 2.67. The first-order valence-electron chi connectivity index (χ1n) is 4.86. The standard InChI is InChI=1S/C10H16N2O/c1-6(2)13-12-10-8-4-3-7(5-8)9(10)11/h3-4,6-9H,5,11H2,1-2H3. The lowest BCUT2D eigenvalue weighted by molar-refractivity contribution is 0.0845. The minimum absolute atomic E-state index is 0.0914. The van der Waals surface area contributed by atoms with Gasteiger partial charge in [-0.05, 0) is 26.2 Å². The van der Waals surface area contributed by atoms with Crippen LogP contribution in [-0.2, 0) is 4.84 Å². The normalized spacial score (nSPS) is 39.4. The summed E-state index contributed by atoms with van der Waals surface area (Å²) >= 11 is 0. The molecule has 0 saturated heterocycles. The maximum atomic E-state index is 5.99. The van der Waals surface area contributed by atoms with Crippen LogP contribution in [0.5, 0.6) is 0 Å². The van der Waals surface area contributed by atoms with Gasteiger partial charge in [0, 0.05) is 5.92 Å². The van der Waals surface area contributed by atoms with Gasteiger partial charge in [0.1, 0.15) is 6.10 Å². The van der Waals surface area contributed by atoms with Gasteiger partial charge in [-0.25, -0.2) is 0 Å². The minimum atomic E-state index is 0.0914. The summed E-state index contributed by atoms with van der Waals surface area (Å²) in [6.07, 6.45) is 5.66. The highest BCUT2D eigenvalue weighted by atomic mass is 16.6. The largest absolute Gasteiger partial charge is 0.393 e. The van der Waals surface area contributed by atoms with Gasteiger partial charge < -0.3 is 10.6 Å². The molecular formula is C10H16N2O. The third-order valence-corrected chi connectivity index (χ3v) is 2.67. The van der Waals surface area contributed by atoms with E-state index in [0.29, 0.717) is 11.8 Å². The Hall–Kier alpha value is -0.830. The number of hydrogen-bond donors (Lipinski definition) is 1. The molecule has 3 nitrogen and oxygen atoms in total. The Morgan fingerprint density at radius 3 is 2.85 bits per heavy atom. The van der Waals surface area contributed by atoms with Crippen LogP contribution in [0, 0.1) is 11.8 Å². The quantitative estimate of drug-likeness (QED) is 0.514. The number of fused-ring (bicyclic) bond motifs is 2. The first-order chi connectivity index (χ1) is 6.18. The summed E-state index contributed by atoms with van der Waals surface area (Å²) in [5.41, 5.74) is 7.02. The summed E-state index contributed by atoms with van der Waals surface area (Å²) in [6.45, 7) is 3.94. The molecule has 0 heterocycles. The molecule has 0 spiro atoms. The second-order valence-electron chi connectivity index (χ2n) is 4.09. The molecule has 0 aromatic rings. The Morgan fingerprint density at radius 1 is 1.54 bits per heavy atom. The molecule has 2 bridgehead atoms. The number of allylic oxidation sites excluding steroid dienone is 1. The molecule has 0 amide bonds. The number of nitrogens with zero attached hydrogens (tertiary/aromatic N) is 1. The summed E-state index contributed by atoms with van der Waals surface area (Å²) in [7, 11) is 0. The molecule has 3 unspecified atom stereocenters. The van der Waals surface area contributed by atoms with Crippen LogP contribution in [0.4, 0.5) is 0 Å². The van der Waals surface area contributed by atoms with Crippen LogP contribution in [-0.4, -0.2) is 17.9 Å². The highest BCUT2D eigenvalue weighted by Crippen LogP contribution is 2.36. The lowest BCUT2D eigenvalue weighted by Gasteiger charge is -2.15. The van der Waals surface area contributed by atoms with Crippen molar-refractivity contribution in [2.24, 2.45) is 22.7 Å². The zero-order valence-corrected chi connectivity index (χ0v) is 8.10. The molecule has 2 aliphatic rings. The van der Waals surface area contributed by atoms with Crippen LogP contribution in [0.1, 0.15) is 20.3 Å². The van der Waals surface area contributed by atoms with Crippen LogP contribution in [0.3, 0.4) is 0 Å². The van der Waals surface area contributed by atoms with E-state index in [4.69, 9.17) is 10.6 Å². The predicted octanol–water partition coefficient (Wildman–Crippen LogP) is 1.30.